The summed E-state index contributed by atoms with van der Waals surface area (Å²) in [5.41, 5.74) is 12.2. The second-order valence-corrected chi connectivity index (χ2v) is 6.48. The normalized spacial score (nSPS) is 11.8. The zero-order valence-corrected chi connectivity index (χ0v) is 17.8. The van der Waals surface area contributed by atoms with Crippen LogP contribution in [0.15, 0.2) is 65.9 Å². The van der Waals surface area contributed by atoms with Crippen molar-refractivity contribution in [2.45, 2.75) is 26.8 Å². The number of allylic oxidation sites excluding steroid dienone is 3. The first-order valence-electron chi connectivity index (χ1n) is 9.56. The van der Waals surface area contributed by atoms with Crippen LogP contribution in [0.3, 0.4) is 0 Å². The fraction of sp³-hybridized carbons (Fsp3) is 0.292. The summed E-state index contributed by atoms with van der Waals surface area (Å²) >= 11 is 0. The van der Waals surface area contributed by atoms with E-state index in [0.717, 1.165) is 40.9 Å². The lowest BCUT2D eigenvalue weighted by Gasteiger charge is -2.22. The van der Waals surface area contributed by atoms with E-state index in [1.807, 2.05) is 50.3 Å². The molecule has 0 saturated carbocycles. The number of carbonyl (C=O) groups excluding carboxylic acids is 1. The molecule has 1 amide bonds. The van der Waals surface area contributed by atoms with Crippen molar-refractivity contribution < 1.29 is 15.1 Å². The van der Waals surface area contributed by atoms with Crippen LogP contribution in [0, 0.1) is 12.8 Å². The molecule has 6 nitrogen and oxygen atoms in total. The highest BCUT2D eigenvalue weighted by molar-refractivity contribution is 5.90. The lowest BCUT2D eigenvalue weighted by molar-refractivity contribution is -0.124. The molecule has 0 bridgehead atoms. The number of nitrogens with zero attached hydrogens (tertiary/aromatic N) is 1. The molecule has 1 aromatic carbocycles. The number of amides is 1. The first-order chi connectivity index (χ1) is 14.4. The van der Waals surface area contributed by atoms with Crippen LogP contribution in [0.5, 0.6) is 0 Å². The molecule has 5 N–H and O–H groups in total. The first-order valence-corrected chi connectivity index (χ1v) is 9.56. The van der Waals surface area contributed by atoms with Crippen molar-refractivity contribution in [1.82, 2.24) is 10.4 Å². The number of nitrogens with two attached hydrogens (primary N) is 1. The Balaban J connectivity index is 0.00000407. The van der Waals surface area contributed by atoms with E-state index in [0.29, 0.717) is 13.1 Å². The summed E-state index contributed by atoms with van der Waals surface area (Å²) in [6.07, 6.45) is 15.4. The Bertz CT molecular complexity index is 775. The van der Waals surface area contributed by atoms with Crippen LogP contribution < -0.4 is 11.2 Å². The van der Waals surface area contributed by atoms with Gasteiger partial charge in [-0.15, -0.1) is 12.8 Å². The number of hydrogen-bond acceptors (Lipinski definition) is 5. The van der Waals surface area contributed by atoms with Crippen molar-refractivity contribution in [1.29, 1.82) is 0 Å². The zero-order chi connectivity index (χ0) is 22.9. The summed E-state index contributed by atoms with van der Waals surface area (Å²) in [5.74, 6) is -0.571. The molecule has 0 aliphatic rings. The SMILES string of the molecule is C#C.C=C(CCN(CCO)Cc1ccc(/C=C/C(=O)NO)cc1)/C(C)=C(N)/C=C\C. The molecule has 0 heterocycles. The highest BCUT2D eigenvalue weighted by atomic mass is 16.5. The highest BCUT2D eigenvalue weighted by Crippen LogP contribution is 2.16. The maximum absolute atomic E-state index is 11.0. The standard InChI is InChI=1S/C22H31N3O3.C2H2/c1-4-5-21(23)18(3)17(2)12-13-25(14-15-26)16-20-8-6-19(7-9-20)10-11-22(27)24-28;1-2/h4-11,26,28H,2,12-16,23H2,1,3H3,(H,24,27);1-2H/b5-4-,11-10+,21-18-;. The molecule has 0 fully saturated rings. The van der Waals surface area contributed by atoms with Crippen LogP contribution in [0.2, 0.25) is 0 Å². The largest absolute Gasteiger partial charge is 0.399 e. The zero-order valence-electron chi connectivity index (χ0n) is 17.8. The number of terminal acetylenes is 1. The van der Waals surface area contributed by atoms with Gasteiger partial charge >= 0.3 is 0 Å². The molecule has 0 aliphatic carbocycles. The third kappa shape index (κ3) is 10.4. The molecule has 0 saturated heterocycles. The molecule has 162 valence electrons. The van der Waals surface area contributed by atoms with Gasteiger partial charge in [-0.1, -0.05) is 36.9 Å². The summed E-state index contributed by atoms with van der Waals surface area (Å²) in [7, 11) is 0. The number of aliphatic hydroxyl groups is 1. The molecule has 0 radical (unpaired) electrons. The van der Waals surface area contributed by atoms with E-state index in [1.165, 1.54) is 6.08 Å². The maximum Gasteiger partial charge on any atom is 0.267 e. The van der Waals surface area contributed by atoms with Crippen molar-refractivity contribution in [3.8, 4) is 12.8 Å². The van der Waals surface area contributed by atoms with Gasteiger partial charge in [0.1, 0.15) is 0 Å². The Morgan fingerprint density at radius 1 is 1.23 bits per heavy atom. The summed E-state index contributed by atoms with van der Waals surface area (Å²) < 4.78 is 0. The van der Waals surface area contributed by atoms with Gasteiger partial charge in [-0.05, 0) is 54.7 Å². The Kier molecular flexibility index (Phi) is 14.1. The van der Waals surface area contributed by atoms with Crippen LogP contribution in [0.1, 0.15) is 31.4 Å². The Labute approximate surface area is 180 Å². The Morgan fingerprint density at radius 2 is 1.87 bits per heavy atom. The quantitative estimate of drug-likeness (QED) is 0.148. The maximum atomic E-state index is 11.0. The van der Waals surface area contributed by atoms with Gasteiger partial charge in [0.05, 0.1) is 6.61 Å². The minimum absolute atomic E-state index is 0.0824. The number of aliphatic hydroxyl groups excluding tert-OH is 1. The fourth-order valence-electron chi connectivity index (χ4n) is 2.60. The minimum Gasteiger partial charge on any atom is -0.399 e. The van der Waals surface area contributed by atoms with Crippen LogP contribution in [-0.2, 0) is 11.3 Å². The highest BCUT2D eigenvalue weighted by Gasteiger charge is 2.08. The van der Waals surface area contributed by atoms with Crippen molar-refractivity contribution in [3.05, 3.63) is 77.0 Å². The van der Waals surface area contributed by atoms with Crippen molar-refractivity contribution >= 4 is 12.0 Å². The predicted octanol–water partition coefficient (Wildman–Crippen LogP) is 3.00. The van der Waals surface area contributed by atoms with Crippen molar-refractivity contribution in [2.75, 3.05) is 19.7 Å². The molecule has 6 heteroatoms. The molecular weight excluding hydrogens is 378 g/mol. The van der Waals surface area contributed by atoms with E-state index < -0.39 is 5.91 Å². The molecule has 0 aliphatic heterocycles. The summed E-state index contributed by atoms with van der Waals surface area (Å²) in [5, 5.41) is 17.9. The molecule has 1 rings (SSSR count). The van der Waals surface area contributed by atoms with Gasteiger partial charge in [0.25, 0.3) is 5.91 Å². The number of hydrogen-bond donors (Lipinski definition) is 4. The van der Waals surface area contributed by atoms with E-state index in [4.69, 9.17) is 10.9 Å². The van der Waals surface area contributed by atoms with E-state index in [1.54, 1.807) is 11.6 Å². The molecule has 1 aromatic rings. The first kappa shape index (κ1) is 26.9. The van der Waals surface area contributed by atoms with Gasteiger partial charge in [-0.25, -0.2) is 5.48 Å². The number of rotatable bonds is 11. The van der Waals surface area contributed by atoms with Gasteiger partial charge in [-0.3, -0.25) is 14.9 Å². The second-order valence-electron chi connectivity index (χ2n) is 6.48. The lowest BCUT2D eigenvalue weighted by atomic mass is 10.0. The van der Waals surface area contributed by atoms with Crippen LogP contribution in [0.4, 0.5) is 0 Å². The Hall–Kier alpha value is -3.11. The molecule has 0 aromatic heterocycles. The third-order valence-corrected chi connectivity index (χ3v) is 4.38. The van der Waals surface area contributed by atoms with Gasteiger partial charge in [0.15, 0.2) is 0 Å². The van der Waals surface area contributed by atoms with Crippen molar-refractivity contribution in [2.24, 2.45) is 5.73 Å². The second kappa shape index (κ2) is 15.8. The summed E-state index contributed by atoms with van der Waals surface area (Å²) in [6, 6.07) is 7.75. The fourth-order valence-corrected chi connectivity index (χ4v) is 2.60. The average Bonchev–Trinajstić information content (AvgIpc) is 2.77. The predicted molar refractivity (Wildman–Crippen MR) is 123 cm³/mol. The molecule has 30 heavy (non-hydrogen) atoms. The average molecular weight is 412 g/mol. The number of benzene rings is 1. The molecule has 0 atom stereocenters. The van der Waals surface area contributed by atoms with Gasteiger partial charge in [-0.2, -0.15) is 0 Å². The van der Waals surface area contributed by atoms with E-state index in [2.05, 4.69) is 24.3 Å². The van der Waals surface area contributed by atoms with Gasteiger partial charge in [0, 0.05) is 31.4 Å². The van der Waals surface area contributed by atoms with Gasteiger partial charge < -0.3 is 10.8 Å². The van der Waals surface area contributed by atoms with E-state index in [9.17, 15) is 9.90 Å². The topological polar surface area (TPSA) is 98.8 Å². The van der Waals surface area contributed by atoms with Crippen molar-refractivity contribution in [3.63, 3.8) is 0 Å². The van der Waals surface area contributed by atoms with Crippen LogP contribution in [-0.4, -0.2) is 40.8 Å². The molecule has 0 unspecified atom stereocenters. The molecular formula is C24H33N3O3. The van der Waals surface area contributed by atoms with E-state index >= 15 is 0 Å². The number of nitrogens with one attached hydrogen (secondary N) is 1. The summed E-state index contributed by atoms with van der Waals surface area (Å²) in [4.78, 5) is 13.2. The van der Waals surface area contributed by atoms with Crippen LogP contribution >= 0.6 is 0 Å². The smallest absolute Gasteiger partial charge is 0.267 e. The van der Waals surface area contributed by atoms with E-state index in [-0.39, 0.29) is 6.61 Å². The monoisotopic (exact) mass is 411 g/mol. The summed E-state index contributed by atoms with van der Waals surface area (Å²) in [6.45, 7) is 10.1. The lowest BCUT2D eigenvalue weighted by Crippen LogP contribution is -2.28. The van der Waals surface area contributed by atoms with Gasteiger partial charge in [0.2, 0.25) is 0 Å². The molecule has 0 spiro atoms. The minimum atomic E-state index is -0.571. The third-order valence-electron chi connectivity index (χ3n) is 4.38. The number of carbonyl (C=O) groups is 1. The Morgan fingerprint density at radius 3 is 2.40 bits per heavy atom. The van der Waals surface area contributed by atoms with Crippen LogP contribution in [0.25, 0.3) is 6.08 Å². The number of hydroxylamine groups is 1.